The normalized spacial score (nSPS) is 18.8. The molecule has 0 radical (unpaired) electrons. The second-order valence-corrected chi connectivity index (χ2v) is 6.02. The summed E-state index contributed by atoms with van der Waals surface area (Å²) >= 11 is 0. The van der Waals surface area contributed by atoms with Crippen molar-refractivity contribution < 1.29 is 14.3 Å². The topological polar surface area (TPSA) is 38.8 Å². The number of carbonyl (C=O) groups is 1. The zero-order chi connectivity index (χ0) is 16.0. The maximum Gasteiger partial charge on any atom is 0.258 e. The lowest BCUT2D eigenvalue weighted by molar-refractivity contribution is 0.0698. The van der Waals surface area contributed by atoms with Crippen LogP contribution in [-0.2, 0) is 13.0 Å². The molecule has 0 bridgehead atoms. The van der Waals surface area contributed by atoms with Crippen molar-refractivity contribution in [3.05, 3.63) is 58.7 Å². The SMILES string of the molecule is COc1ccc2c(c1OC)C(=O)N([C@H]1CCc3ccccc31)C2. The summed E-state index contributed by atoms with van der Waals surface area (Å²) in [5, 5.41) is 0. The number of ether oxygens (including phenoxy) is 2. The molecule has 1 atom stereocenters. The van der Waals surface area contributed by atoms with Crippen molar-refractivity contribution in [1.82, 2.24) is 4.90 Å². The lowest BCUT2D eigenvalue weighted by Gasteiger charge is -2.24. The van der Waals surface area contributed by atoms with Gasteiger partial charge in [0, 0.05) is 6.54 Å². The third-order valence-corrected chi connectivity index (χ3v) is 4.92. The number of fused-ring (bicyclic) bond motifs is 2. The van der Waals surface area contributed by atoms with E-state index < -0.39 is 0 Å². The molecule has 1 heterocycles. The van der Waals surface area contributed by atoms with Crippen molar-refractivity contribution >= 4 is 5.91 Å². The largest absolute Gasteiger partial charge is 0.493 e. The molecule has 4 nitrogen and oxygen atoms in total. The molecule has 0 unspecified atom stereocenters. The first kappa shape index (κ1) is 14.1. The van der Waals surface area contributed by atoms with E-state index in [0.29, 0.717) is 23.6 Å². The fourth-order valence-electron chi connectivity index (χ4n) is 3.84. The summed E-state index contributed by atoms with van der Waals surface area (Å²) < 4.78 is 10.8. The molecule has 0 aromatic heterocycles. The van der Waals surface area contributed by atoms with Gasteiger partial charge in [0.2, 0.25) is 0 Å². The first-order chi connectivity index (χ1) is 11.2. The van der Waals surface area contributed by atoms with E-state index in [1.807, 2.05) is 17.0 Å². The van der Waals surface area contributed by atoms with E-state index in [2.05, 4.69) is 24.3 Å². The number of benzene rings is 2. The first-order valence-electron chi connectivity index (χ1n) is 7.87. The molecule has 1 aliphatic heterocycles. The molecule has 1 aliphatic carbocycles. The maximum atomic E-state index is 13.0. The van der Waals surface area contributed by atoms with E-state index in [-0.39, 0.29) is 11.9 Å². The average molecular weight is 309 g/mol. The number of carbonyl (C=O) groups excluding carboxylic acids is 1. The van der Waals surface area contributed by atoms with E-state index in [1.165, 1.54) is 11.1 Å². The fraction of sp³-hybridized carbons (Fsp3) is 0.316. The highest BCUT2D eigenvalue weighted by Crippen LogP contribution is 2.44. The fourth-order valence-corrected chi connectivity index (χ4v) is 3.84. The summed E-state index contributed by atoms with van der Waals surface area (Å²) in [6.07, 6.45) is 2.01. The Hall–Kier alpha value is -2.49. The van der Waals surface area contributed by atoms with Gasteiger partial charge in [-0.25, -0.2) is 0 Å². The highest BCUT2D eigenvalue weighted by Gasteiger charge is 2.39. The van der Waals surface area contributed by atoms with Crippen LogP contribution in [0.5, 0.6) is 11.5 Å². The third-order valence-electron chi connectivity index (χ3n) is 4.92. The van der Waals surface area contributed by atoms with Crippen LogP contribution in [0.3, 0.4) is 0 Å². The van der Waals surface area contributed by atoms with E-state index in [0.717, 1.165) is 18.4 Å². The molecule has 0 N–H and O–H groups in total. The maximum absolute atomic E-state index is 13.0. The Morgan fingerprint density at radius 2 is 1.87 bits per heavy atom. The van der Waals surface area contributed by atoms with Crippen LogP contribution in [0.25, 0.3) is 0 Å². The molecule has 0 fully saturated rings. The zero-order valence-electron chi connectivity index (χ0n) is 13.3. The molecule has 2 aromatic carbocycles. The molecule has 0 saturated heterocycles. The van der Waals surface area contributed by atoms with Gasteiger partial charge in [-0.3, -0.25) is 4.79 Å². The highest BCUT2D eigenvalue weighted by molar-refractivity contribution is 6.02. The van der Waals surface area contributed by atoms with Gasteiger partial charge >= 0.3 is 0 Å². The van der Waals surface area contributed by atoms with Crippen molar-refractivity contribution in [2.24, 2.45) is 0 Å². The van der Waals surface area contributed by atoms with Gasteiger partial charge in [-0.15, -0.1) is 0 Å². The summed E-state index contributed by atoms with van der Waals surface area (Å²) in [5.74, 6) is 1.19. The van der Waals surface area contributed by atoms with Crippen LogP contribution in [0.2, 0.25) is 0 Å². The van der Waals surface area contributed by atoms with Crippen LogP contribution in [0.1, 0.15) is 39.5 Å². The van der Waals surface area contributed by atoms with Crippen LogP contribution in [0.15, 0.2) is 36.4 Å². The smallest absolute Gasteiger partial charge is 0.258 e. The Morgan fingerprint density at radius 3 is 2.65 bits per heavy atom. The number of aryl methyl sites for hydroxylation is 1. The van der Waals surface area contributed by atoms with Gasteiger partial charge in [-0.2, -0.15) is 0 Å². The number of hydrogen-bond acceptors (Lipinski definition) is 3. The minimum atomic E-state index is 0.0393. The van der Waals surface area contributed by atoms with Crippen LogP contribution < -0.4 is 9.47 Å². The number of methoxy groups -OCH3 is 2. The molecule has 0 saturated carbocycles. The molecular formula is C19H19NO3. The van der Waals surface area contributed by atoms with Gasteiger partial charge in [-0.1, -0.05) is 30.3 Å². The molecule has 2 aliphatic rings. The molecule has 1 amide bonds. The van der Waals surface area contributed by atoms with Gasteiger partial charge in [0.05, 0.1) is 25.8 Å². The number of nitrogens with zero attached hydrogens (tertiary/aromatic N) is 1. The van der Waals surface area contributed by atoms with Crippen LogP contribution in [0, 0.1) is 0 Å². The Balaban J connectivity index is 1.74. The van der Waals surface area contributed by atoms with Gasteiger partial charge in [-0.05, 0) is 35.6 Å². The minimum Gasteiger partial charge on any atom is -0.493 e. The summed E-state index contributed by atoms with van der Waals surface area (Å²) in [6, 6.07) is 12.4. The number of amides is 1. The standard InChI is InChI=1S/C19H19NO3/c1-22-16-10-8-13-11-20(19(21)17(13)18(16)23-2)15-9-7-12-5-3-4-6-14(12)15/h3-6,8,10,15H,7,9,11H2,1-2H3/t15-/m0/s1. The van der Waals surface area contributed by atoms with E-state index in [9.17, 15) is 4.79 Å². The summed E-state index contributed by atoms with van der Waals surface area (Å²) in [4.78, 5) is 15.0. The Kier molecular flexibility index (Phi) is 3.26. The average Bonchev–Trinajstić information content (AvgIpc) is 3.15. The second kappa shape index (κ2) is 5.30. The highest BCUT2D eigenvalue weighted by atomic mass is 16.5. The summed E-state index contributed by atoms with van der Waals surface area (Å²) in [6.45, 7) is 0.632. The predicted molar refractivity (Wildman–Crippen MR) is 86.9 cm³/mol. The molecule has 2 aromatic rings. The van der Waals surface area contributed by atoms with Crippen molar-refractivity contribution in [3.8, 4) is 11.5 Å². The Labute approximate surface area is 135 Å². The van der Waals surface area contributed by atoms with Crippen LogP contribution in [-0.4, -0.2) is 25.0 Å². The second-order valence-electron chi connectivity index (χ2n) is 6.02. The van der Waals surface area contributed by atoms with Crippen molar-refractivity contribution in [3.63, 3.8) is 0 Å². The summed E-state index contributed by atoms with van der Waals surface area (Å²) in [5.41, 5.74) is 4.29. The molecule has 0 spiro atoms. The number of rotatable bonds is 3. The van der Waals surface area contributed by atoms with Crippen molar-refractivity contribution in [1.29, 1.82) is 0 Å². The molecule has 23 heavy (non-hydrogen) atoms. The first-order valence-corrected chi connectivity index (χ1v) is 7.87. The minimum absolute atomic E-state index is 0.0393. The molecule has 118 valence electrons. The molecule has 4 heteroatoms. The lowest BCUT2D eigenvalue weighted by atomic mass is 10.1. The van der Waals surface area contributed by atoms with Crippen LogP contribution >= 0.6 is 0 Å². The quantitative estimate of drug-likeness (QED) is 0.873. The van der Waals surface area contributed by atoms with E-state index >= 15 is 0 Å². The van der Waals surface area contributed by atoms with Crippen molar-refractivity contribution in [2.45, 2.75) is 25.4 Å². The lowest BCUT2D eigenvalue weighted by Crippen LogP contribution is -2.27. The van der Waals surface area contributed by atoms with Gasteiger partial charge in [0.15, 0.2) is 11.5 Å². The predicted octanol–water partition coefficient (Wildman–Crippen LogP) is 3.35. The zero-order valence-corrected chi connectivity index (χ0v) is 13.3. The van der Waals surface area contributed by atoms with Gasteiger partial charge in [0.25, 0.3) is 5.91 Å². The Bertz CT molecular complexity index is 784. The number of hydrogen-bond donors (Lipinski definition) is 0. The summed E-state index contributed by atoms with van der Waals surface area (Å²) in [7, 11) is 3.17. The van der Waals surface area contributed by atoms with E-state index in [1.54, 1.807) is 14.2 Å². The van der Waals surface area contributed by atoms with Gasteiger partial charge in [0.1, 0.15) is 0 Å². The van der Waals surface area contributed by atoms with Crippen molar-refractivity contribution in [2.75, 3.05) is 14.2 Å². The third kappa shape index (κ3) is 2.01. The van der Waals surface area contributed by atoms with E-state index in [4.69, 9.17) is 9.47 Å². The molecular weight excluding hydrogens is 290 g/mol. The van der Waals surface area contributed by atoms with Crippen LogP contribution in [0.4, 0.5) is 0 Å². The monoisotopic (exact) mass is 309 g/mol. The Morgan fingerprint density at radius 1 is 1.04 bits per heavy atom. The molecule has 4 rings (SSSR count). The van der Waals surface area contributed by atoms with Gasteiger partial charge < -0.3 is 14.4 Å².